The van der Waals surface area contributed by atoms with Gasteiger partial charge in [0, 0.05) is 19.2 Å². The van der Waals surface area contributed by atoms with E-state index >= 15 is 0 Å². The molecule has 0 aromatic heterocycles. The number of rotatable bonds is 2. The molecule has 0 saturated carbocycles. The number of likely N-dealkylation sites (tertiary alicyclic amines) is 1. The Morgan fingerprint density at radius 3 is 2.71 bits per heavy atom. The van der Waals surface area contributed by atoms with E-state index < -0.39 is 0 Å². The van der Waals surface area contributed by atoms with Gasteiger partial charge in [0.15, 0.2) is 0 Å². The molecule has 2 fully saturated rings. The quantitative estimate of drug-likeness (QED) is 0.756. The molecular weight excluding hydrogens is 194 g/mol. The largest absolute Gasteiger partial charge is 0.396 e. The third-order valence-corrected chi connectivity index (χ3v) is 4.56. The van der Waals surface area contributed by atoms with Gasteiger partial charge in [-0.2, -0.15) is 11.8 Å². The molecule has 1 atom stereocenters. The first-order chi connectivity index (χ1) is 6.90. The molecule has 1 N–H and O–H groups in total. The van der Waals surface area contributed by atoms with E-state index in [-0.39, 0.29) is 0 Å². The summed E-state index contributed by atoms with van der Waals surface area (Å²) in [7, 11) is 0. The molecule has 3 heteroatoms. The molecule has 14 heavy (non-hydrogen) atoms. The Labute approximate surface area is 91.1 Å². The summed E-state index contributed by atoms with van der Waals surface area (Å²) in [4.78, 5) is 2.63. The Morgan fingerprint density at radius 2 is 2.00 bits per heavy atom. The van der Waals surface area contributed by atoms with Crippen LogP contribution >= 0.6 is 11.8 Å². The topological polar surface area (TPSA) is 23.5 Å². The fourth-order valence-electron chi connectivity index (χ4n) is 2.63. The Bertz CT molecular complexity index is 171. The third kappa shape index (κ3) is 2.65. The van der Waals surface area contributed by atoms with Crippen molar-refractivity contribution in [2.75, 3.05) is 31.2 Å². The van der Waals surface area contributed by atoms with Crippen molar-refractivity contribution in [3.8, 4) is 0 Å². The van der Waals surface area contributed by atoms with E-state index in [1.165, 1.54) is 43.7 Å². The van der Waals surface area contributed by atoms with Crippen molar-refractivity contribution in [3.05, 3.63) is 0 Å². The lowest BCUT2D eigenvalue weighted by Gasteiger charge is -2.39. The molecule has 0 amide bonds. The number of aliphatic hydroxyl groups excluding tert-OH is 1. The van der Waals surface area contributed by atoms with Crippen molar-refractivity contribution in [2.45, 2.75) is 31.7 Å². The van der Waals surface area contributed by atoms with Gasteiger partial charge in [0.2, 0.25) is 0 Å². The van der Waals surface area contributed by atoms with Crippen LogP contribution < -0.4 is 0 Å². The number of hydrogen-bond acceptors (Lipinski definition) is 3. The van der Waals surface area contributed by atoms with E-state index in [1.54, 1.807) is 0 Å². The second kappa shape index (κ2) is 5.38. The van der Waals surface area contributed by atoms with Crippen molar-refractivity contribution >= 4 is 11.8 Å². The lowest BCUT2D eigenvalue weighted by atomic mass is 9.96. The van der Waals surface area contributed by atoms with Gasteiger partial charge in [-0.25, -0.2) is 0 Å². The number of piperidine rings is 1. The predicted molar refractivity (Wildman–Crippen MR) is 61.7 cm³/mol. The van der Waals surface area contributed by atoms with Gasteiger partial charge in [-0.1, -0.05) is 0 Å². The van der Waals surface area contributed by atoms with Crippen LogP contribution in [0.4, 0.5) is 0 Å². The summed E-state index contributed by atoms with van der Waals surface area (Å²) < 4.78 is 0. The van der Waals surface area contributed by atoms with Crippen molar-refractivity contribution in [1.82, 2.24) is 4.90 Å². The second-order valence-electron chi connectivity index (χ2n) is 4.53. The summed E-state index contributed by atoms with van der Waals surface area (Å²) in [5.74, 6) is 3.23. The van der Waals surface area contributed by atoms with E-state index in [0.29, 0.717) is 12.5 Å². The summed E-state index contributed by atoms with van der Waals surface area (Å²) in [5, 5.41) is 9.18. The average Bonchev–Trinajstić information content (AvgIpc) is 2.30. The number of thioether (sulfide) groups is 1. The molecule has 0 aromatic rings. The van der Waals surface area contributed by atoms with Gasteiger partial charge >= 0.3 is 0 Å². The van der Waals surface area contributed by atoms with Gasteiger partial charge in [0.05, 0.1) is 0 Å². The monoisotopic (exact) mass is 215 g/mol. The standard InChI is InChI=1S/C11H21NOS/c13-9-10-2-1-5-12(8-10)11-3-6-14-7-4-11/h10-11,13H,1-9H2/t10-/m1/s1. The minimum absolute atomic E-state index is 0.387. The van der Waals surface area contributed by atoms with E-state index in [1.807, 2.05) is 0 Å². The van der Waals surface area contributed by atoms with Crippen LogP contribution in [0.5, 0.6) is 0 Å². The molecule has 0 bridgehead atoms. The molecular formula is C11H21NOS. The summed E-state index contributed by atoms with van der Waals surface area (Å²) >= 11 is 2.09. The molecule has 2 aliphatic rings. The predicted octanol–water partition coefficient (Wildman–Crippen LogP) is 1.59. The normalized spacial score (nSPS) is 31.9. The van der Waals surface area contributed by atoms with E-state index in [9.17, 15) is 5.11 Å². The molecule has 0 unspecified atom stereocenters. The van der Waals surface area contributed by atoms with E-state index in [2.05, 4.69) is 16.7 Å². The fourth-order valence-corrected chi connectivity index (χ4v) is 3.71. The minimum Gasteiger partial charge on any atom is -0.396 e. The lowest BCUT2D eigenvalue weighted by Crippen LogP contribution is -2.45. The van der Waals surface area contributed by atoms with Crippen LogP contribution in [0.3, 0.4) is 0 Å². The smallest absolute Gasteiger partial charge is 0.0471 e. The van der Waals surface area contributed by atoms with E-state index in [4.69, 9.17) is 0 Å². The van der Waals surface area contributed by atoms with Crippen LogP contribution in [0.1, 0.15) is 25.7 Å². The first kappa shape index (κ1) is 10.8. The molecule has 82 valence electrons. The van der Waals surface area contributed by atoms with Crippen LogP contribution in [0, 0.1) is 5.92 Å². The molecule has 0 radical (unpaired) electrons. The van der Waals surface area contributed by atoms with Crippen LogP contribution in [0.2, 0.25) is 0 Å². The van der Waals surface area contributed by atoms with Gasteiger partial charge in [0.25, 0.3) is 0 Å². The number of nitrogens with zero attached hydrogens (tertiary/aromatic N) is 1. The molecule has 2 aliphatic heterocycles. The van der Waals surface area contributed by atoms with Crippen LogP contribution in [-0.2, 0) is 0 Å². The molecule has 2 nitrogen and oxygen atoms in total. The van der Waals surface area contributed by atoms with Gasteiger partial charge in [-0.05, 0) is 49.7 Å². The Morgan fingerprint density at radius 1 is 1.21 bits per heavy atom. The van der Waals surface area contributed by atoms with Crippen molar-refractivity contribution in [2.24, 2.45) is 5.92 Å². The van der Waals surface area contributed by atoms with Crippen LogP contribution in [-0.4, -0.2) is 47.3 Å². The highest BCUT2D eigenvalue weighted by atomic mass is 32.2. The van der Waals surface area contributed by atoms with Gasteiger partial charge in [-0.3, -0.25) is 4.90 Å². The van der Waals surface area contributed by atoms with Crippen LogP contribution in [0.25, 0.3) is 0 Å². The highest BCUT2D eigenvalue weighted by Crippen LogP contribution is 2.26. The Balaban J connectivity index is 1.83. The van der Waals surface area contributed by atoms with E-state index in [0.717, 1.165) is 12.6 Å². The van der Waals surface area contributed by atoms with Gasteiger partial charge in [0.1, 0.15) is 0 Å². The SMILES string of the molecule is OC[C@@H]1CCCN(C2CCSCC2)C1. The maximum atomic E-state index is 9.18. The van der Waals surface area contributed by atoms with Crippen molar-refractivity contribution < 1.29 is 5.11 Å². The molecule has 2 rings (SSSR count). The van der Waals surface area contributed by atoms with Gasteiger partial charge < -0.3 is 5.11 Å². The summed E-state index contributed by atoms with van der Waals surface area (Å²) in [6, 6.07) is 0.825. The summed E-state index contributed by atoms with van der Waals surface area (Å²) in [6.45, 7) is 2.80. The molecule has 2 saturated heterocycles. The van der Waals surface area contributed by atoms with Crippen molar-refractivity contribution in [1.29, 1.82) is 0 Å². The first-order valence-electron chi connectivity index (χ1n) is 5.83. The maximum absolute atomic E-state index is 9.18. The zero-order valence-corrected chi connectivity index (χ0v) is 9.64. The number of hydrogen-bond donors (Lipinski definition) is 1. The Hall–Kier alpha value is 0.270. The molecule has 0 aromatic carbocycles. The number of aliphatic hydroxyl groups is 1. The average molecular weight is 215 g/mol. The van der Waals surface area contributed by atoms with Gasteiger partial charge in [-0.15, -0.1) is 0 Å². The zero-order valence-electron chi connectivity index (χ0n) is 8.82. The Kier molecular flexibility index (Phi) is 4.14. The fraction of sp³-hybridized carbons (Fsp3) is 1.00. The highest BCUT2D eigenvalue weighted by molar-refractivity contribution is 7.99. The first-order valence-corrected chi connectivity index (χ1v) is 6.98. The lowest BCUT2D eigenvalue weighted by molar-refractivity contribution is 0.0842. The second-order valence-corrected chi connectivity index (χ2v) is 5.75. The maximum Gasteiger partial charge on any atom is 0.0471 e. The molecule has 2 heterocycles. The summed E-state index contributed by atoms with van der Waals surface area (Å²) in [6.07, 6.45) is 5.25. The summed E-state index contributed by atoms with van der Waals surface area (Å²) in [5.41, 5.74) is 0. The van der Waals surface area contributed by atoms with Crippen molar-refractivity contribution in [3.63, 3.8) is 0 Å². The third-order valence-electron chi connectivity index (χ3n) is 3.52. The van der Waals surface area contributed by atoms with Crippen LogP contribution in [0.15, 0.2) is 0 Å². The minimum atomic E-state index is 0.387. The highest BCUT2D eigenvalue weighted by Gasteiger charge is 2.26. The zero-order chi connectivity index (χ0) is 9.80. The molecule has 0 spiro atoms. The molecule has 0 aliphatic carbocycles.